The van der Waals surface area contributed by atoms with Gasteiger partial charge < -0.3 is 4.90 Å². The van der Waals surface area contributed by atoms with E-state index in [-0.39, 0.29) is 11.9 Å². The van der Waals surface area contributed by atoms with Gasteiger partial charge in [0.25, 0.3) is 5.91 Å². The van der Waals surface area contributed by atoms with Crippen molar-refractivity contribution in [1.82, 2.24) is 9.91 Å². The van der Waals surface area contributed by atoms with Crippen LogP contribution in [0.15, 0.2) is 65.8 Å². The summed E-state index contributed by atoms with van der Waals surface area (Å²) in [6.45, 7) is 4.12. The Hall–Kier alpha value is -2.66. The average molecular weight is 348 g/mol. The minimum Gasteiger partial charge on any atom is -0.369 e. The fourth-order valence-electron chi connectivity index (χ4n) is 3.67. The number of anilines is 1. The van der Waals surface area contributed by atoms with E-state index in [1.54, 1.807) is 5.01 Å². The highest BCUT2D eigenvalue weighted by Crippen LogP contribution is 2.28. The average Bonchev–Trinajstić information content (AvgIpc) is 3.20. The minimum atomic E-state index is 0.0364. The van der Waals surface area contributed by atoms with Gasteiger partial charge in [0, 0.05) is 44.5 Å². The molecule has 0 spiro atoms. The van der Waals surface area contributed by atoms with Crippen LogP contribution in [0, 0.1) is 0 Å². The number of amides is 1. The lowest BCUT2D eigenvalue weighted by atomic mass is 10.0. The van der Waals surface area contributed by atoms with Crippen LogP contribution < -0.4 is 4.90 Å². The Labute approximate surface area is 154 Å². The summed E-state index contributed by atoms with van der Waals surface area (Å²) in [6.07, 6.45) is 2.64. The van der Waals surface area contributed by atoms with E-state index in [1.807, 2.05) is 30.5 Å². The molecule has 0 N–H and O–H groups in total. The SMILES string of the molecule is O=C(CN1CCN(c2ccccc2)CC1)N1N=CC[C@H]1c1ccccc1. The second-order valence-electron chi connectivity index (χ2n) is 6.80. The zero-order valence-electron chi connectivity index (χ0n) is 14.9. The summed E-state index contributed by atoms with van der Waals surface area (Å²) in [5.74, 6) is 0.0840. The highest BCUT2D eigenvalue weighted by Gasteiger charge is 2.29. The molecule has 1 amide bonds. The van der Waals surface area contributed by atoms with Gasteiger partial charge in [0.1, 0.15) is 0 Å². The lowest BCUT2D eigenvalue weighted by Gasteiger charge is -2.36. The summed E-state index contributed by atoms with van der Waals surface area (Å²) < 4.78 is 0. The Morgan fingerprint density at radius 2 is 1.58 bits per heavy atom. The van der Waals surface area contributed by atoms with Crippen molar-refractivity contribution in [3.05, 3.63) is 66.2 Å². The molecule has 0 bridgehead atoms. The van der Waals surface area contributed by atoms with Gasteiger partial charge in [0.05, 0.1) is 12.6 Å². The summed E-state index contributed by atoms with van der Waals surface area (Å²) in [5.41, 5.74) is 2.40. The van der Waals surface area contributed by atoms with Crippen LogP contribution in [0.25, 0.3) is 0 Å². The fourth-order valence-corrected chi connectivity index (χ4v) is 3.67. The van der Waals surface area contributed by atoms with Gasteiger partial charge in [-0.25, -0.2) is 5.01 Å². The number of piperazine rings is 1. The van der Waals surface area contributed by atoms with Gasteiger partial charge in [-0.05, 0) is 17.7 Å². The topological polar surface area (TPSA) is 39.2 Å². The molecule has 2 aliphatic rings. The standard InChI is InChI=1S/C21H24N4O/c26-21(25-20(11-12-22-25)18-7-3-1-4-8-18)17-23-13-15-24(16-14-23)19-9-5-2-6-10-19/h1-10,12,20H,11,13-17H2/t20-/m0/s1. The van der Waals surface area contributed by atoms with Crippen molar-refractivity contribution in [3.63, 3.8) is 0 Å². The van der Waals surface area contributed by atoms with Gasteiger partial charge in [-0.2, -0.15) is 5.10 Å². The molecule has 2 heterocycles. The molecule has 0 aromatic heterocycles. The lowest BCUT2D eigenvalue weighted by molar-refractivity contribution is -0.134. The van der Waals surface area contributed by atoms with E-state index in [1.165, 1.54) is 5.69 Å². The molecule has 2 aliphatic heterocycles. The van der Waals surface area contributed by atoms with Crippen LogP contribution in [0.4, 0.5) is 5.69 Å². The van der Waals surface area contributed by atoms with Gasteiger partial charge in [0.2, 0.25) is 0 Å². The van der Waals surface area contributed by atoms with Crippen molar-refractivity contribution in [3.8, 4) is 0 Å². The quantitative estimate of drug-likeness (QED) is 0.853. The molecule has 4 rings (SSSR count). The van der Waals surface area contributed by atoms with Gasteiger partial charge in [-0.15, -0.1) is 0 Å². The third-order valence-electron chi connectivity index (χ3n) is 5.12. The summed E-state index contributed by atoms with van der Waals surface area (Å²) in [6, 6.07) is 20.7. The van der Waals surface area contributed by atoms with E-state index in [2.05, 4.69) is 51.3 Å². The Morgan fingerprint density at radius 1 is 0.923 bits per heavy atom. The minimum absolute atomic E-state index is 0.0364. The molecule has 0 aliphatic carbocycles. The molecule has 1 atom stereocenters. The van der Waals surface area contributed by atoms with Crippen LogP contribution in [-0.4, -0.2) is 54.8 Å². The first kappa shape index (κ1) is 16.8. The van der Waals surface area contributed by atoms with Crippen molar-refractivity contribution in [2.75, 3.05) is 37.6 Å². The second kappa shape index (κ2) is 7.70. The van der Waals surface area contributed by atoms with E-state index in [0.29, 0.717) is 6.54 Å². The van der Waals surface area contributed by atoms with Crippen LogP contribution >= 0.6 is 0 Å². The Bertz CT molecular complexity index is 754. The smallest absolute Gasteiger partial charge is 0.257 e. The van der Waals surface area contributed by atoms with Crippen molar-refractivity contribution in [1.29, 1.82) is 0 Å². The predicted octanol–water partition coefficient (Wildman–Crippen LogP) is 2.77. The summed E-state index contributed by atoms with van der Waals surface area (Å²) >= 11 is 0. The van der Waals surface area contributed by atoms with Gasteiger partial charge in [0.15, 0.2) is 0 Å². The second-order valence-corrected chi connectivity index (χ2v) is 6.80. The van der Waals surface area contributed by atoms with Crippen LogP contribution in [0.2, 0.25) is 0 Å². The molecule has 1 fully saturated rings. The van der Waals surface area contributed by atoms with Gasteiger partial charge in [-0.1, -0.05) is 48.5 Å². The highest BCUT2D eigenvalue weighted by molar-refractivity contribution is 5.81. The molecule has 0 unspecified atom stereocenters. The number of nitrogens with zero attached hydrogens (tertiary/aromatic N) is 4. The maximum absolute atomic E-state index is 12.8. The molecule has 5 heteroatoms. The normalized spacial score (nSPS) is 20.5. The van der Waals surface area contributed by atoms with E-state index in [0.717, 1.165) is 38.2 Å². The molecular formula is C21H24N4O. The van der Waals surface area contributed by atoms with Crippen LogP contribution in [-0.2, 0) is 4.79 Å². The molecule has 0 saturated carbocycles. The zero-order chi connectivity index (χ0) is 17.8. The first-order chi connectivity index (χ1) is 12.8. The van der Waals surface area contributed by atoms with E-state index >= 15 is 0 Å². The highest BCUT2D eigenvalue weighted by atomic mass is 16.2. The number of carbonyl (C=O) groups excluding carboxylic acids is 1. The number of para-hydroxylation sites is 1. The summed E-state index contributed by atoms with van der Waals surface area (Å²) in [7, 11) is 0. The Morgan fingerprint density at radius 3 is 2.27 bits per heavy atom. The zero-order valence-corrected chi connectivity index (χ0v) is 14.9. The third kappa shape index (κ3) is 3.63. The summed E-state index contributed by atoms with van der Waals surface area (Å²) in [4.78, 5) is 17.4. The number of rotatable bonds is 4. The molecular weight excluding hydrogens is 324 g/mol. The molecule has 2 aromatic carbocycles. The van der Waals surface area contributed by atoms with E-state index in [9.17, 15) is 4.79 Å². The van der Waals surface area contributed by atoms with Crippen molar-refractivity contribution >= 4 is 17.8 Å². The Kier molecular flexibility index (Phi) is 4.97. The fraction of sp³-hybridized carbons (Fsp3) is 0.333. The van der Waals surface area contributed by atoms with Crippen LogP contribution in [0.3, 0.4) is 0 Å². The van der Waals surface area contributed by atoms with Crippen LogP contribution in [0.1, 0.15) is 18.0 Å². The van der Waals surface area contributed by atoms with E-state index < -0.39 is 0 Å². The van der Waals surface area contributed by atoms with Gasteiger partial charge in [-0.3, -0.25) is 9.69 Å². The molecule has 5 nitrogen and oxygen atoms in total. The number of hydrazone groups is 1. The van der Waals surface area contributed by atoms with Crippen molar-refractivity contribution in [2.24, 2.45) is 5.10 Å². The van der Waals surface area contributed by atoms with Crippen LogP contribution in [0.5, 0.6) is 0 Å². The predicted molar refractivity (Wildman–Crippen MR) is 104 cm³/mol. The molecule has 0 radical (unpaired) electrons. The Balaban J connectivity index is 1.33. The molecule has 1 saturated heterocycles. The number of hydrogen-bond donors (Lipinski definition) is 0. The third-order valence-corrected chi connectivity index (χ3v) is 5.12. The lowest BCUT2D eigenvalue weighted by Crippen LogP contribution is -2.49. The van der Waals surface area contributed by atoms with E-state index in [4.69, 9.17) is 0 Å². The largest absolute Gasteiger partial charge is 0.369 e. The first-order valence-corrected chi connectivity index (χ1v) is 9.23. The molecule has 26 heavy (non-hydrogen) atoms. The summed E-state index contributed by atoms with van der Waals surface area (Å²) in [5, 5.41) is 6.01. The van der Waals surface area contributed by atoms with Crippen molar-refractivity contribution in [2.45, 2.75) is 12.5 Å². The first-order valence-electron chi connectivity index (χ1n) is 9.23. The number of benzene rings is 2. The molecule has 134 valence electrons. The monoisotopic (exact) mass is 348 g/mol. The van der Waals surface area contributed by atoms with Crippen molar-refractivity contribution < 1.29 is 4.79 Å². The maximum Gasteiger partial charge on any atom is 0.257 e. The van der Waals surface area contributed by atoms with Gasteiger partial charge >= 0.3 is 0 Å². The molecule has 2 aromatic rings. The maximum atomic E-state index is 12.8. The number of hydrogen-bond acceptors (Lipinski definition) is 4. The number of carbonyl (C=O) groups is 1.